The third kappa shape index (κ3) is 2.23. The molecule has 2 aromatic rings. The summed E-state index contributed by atoms with van der Waals surface area (Å²) in [6.07, 6.45) is 0. The first-order valence-electron chi connectivity index (χ1n) is 5.33. The predicted octanol–water partition coefficient (Wildman–Crippen LogP) is 2.42. The molecule has 1 aromatic carbocycles. The summed E-state index contributed by atoms with van der Waals surface area (Å²) in [5, 5.41) is 22.1. The minimum atomic E-state index is -1.27. The van der Waals surface area contributed by atoms with Gasteiger partial charge in [-0.05, 0) is 0 Å². The zero-order valence-electron chi connectivity index (χ0n) is 10.5. The van der Waals surface area contributed by atoms with Gasteiger partial charge < -0.3 is 24.2 Å². The lowest BCUT2D eigenvalue weighted by atomic mass is 10.1. The van der Waals surface area contributed by atoms with E-state index in [1.807, 2.05) is 0 Å². The van der Waals surface area contributed by atoms with Crippen molar-refractivity contribution in [2.75, 3.05) is 14.2 Å². The zero-order valence-corrected chi connectivity index (χ0v) is 11.3. The van der Waals surface area contributed by atoms with Crippen LogP contribution in [-0.2, 0) is 0 Å². The first-order chi connectivity index (χ1) is 9.49. The number of hydrogen-bond acceptors (Lipinski definition) is 6. The van der Waals surface area contributed by atoms with Gasteiger partial charge in [-0.15, -0.1) is 0 Å². The fraction of sp³-hybridized carbons (Fsp3) is 0.167. The highest BCUT2D eigenvalue weighted by molar-refractivity contribution is 6.35. The Kier molecular flexibility index (Phi) is 3.71. The minimum absolute atomic E-state index is 0.0483. The molecule has 106 valence electrons. The average molecular weight is 300 g/mol. The molecule has 0 radical (unpaired) electrons. The average Bonchev–Trinajstić information content (AvgIpc) is 2.90. The van der Waals surface area contributed by atoms with Gasteiger partial charge in [0.2, 0.25) is 5.76 Å². The second-order valence-electron chi connectivity index (χ2n) is 3.70. The third-order valence-corrected chi connectivity index (χ3v) is 2.95. The number of methoxy groups -OCH3 is 2. The summed E-state index contributed by atoms with van der Waals surface area (Å²) in [6.45, 7) is 0. The Morgan fingerprint density at radius 3 is 2.55 bits per heavy atom. The number of aromatic carboxylic acids is 1. The standard InChI is InChI=1S/C12H10ClNO6/c1-18-7-4-6(15)10(13)9(11(7)19-2)5-3-8(12(16)17)20-14-5/h3-4,15H,1-2H3,(H,16,17). The molecule has 0 spiro atoms. The van der Waals surface area contributed by atoms with Gasteiger partial charge in [-0.25, -0.2) is 4.79 Å². The number of ether oxygens (including phenoxy) is 2. The van der Waals surface area contributed by atoms with Crippen LogP contribution in [0.15, 0.2) is 16.7 Å². The van der Waals surface area contributed by atoms with Crippen LogP contribution >= 0.6 is 11.6 Å². The molecule has 1 heterocycles. The van der Waals surface area contributed by atoms with Crippen molar-refractivity contribution in [1.82, 2.24) is 5.16 Å². The van der Waals surface area contributed by atoms with Gasteiger partial charge >= 0.3 is 5.97 Å². The van der Waals surface area contributed by atoms with Gasteiger partial charge in [0.25, 0.3) is 0 Å². The molecular weight excluding hydrogens is 290 g/mol. The molecule has 0 saturated carbocycles. The van der Waals surface area contributed by atoms with Crippen LogP contribution in [0.5, 0.6) is 17.2 Å². The topological polar surface area (TPSA) is 102 Å². The van der Waals surface area contributed by atoms with Crippen LogP contribution in [0.25, 0.3) is 11.3 Å². The van der Waals surface area contributed by atoms with Crippen LogP contribution < -0.4 is 9.47 Å². The fourth-order valence-corrected chi connectivity index (χ4v) is 1.92. The van der Waals surface area contributed by atoms with E-state index in [1.54, 1.807) is 0 Å². The van der Waals surface area contributed by atoms with Gasteiger partial charge in [0, 0.05) is 12.1 Å². The van der Waals surface area contributed by atoms with Gasteiger partial charge in [0.15, 0.2) is 11.5 Å². The van der Waals surface area contributed by atoms with E-state index in [4.69, 9.17) is 26.2 Å². The maximum atomic E-state index is 10.8. The maximum absolute atomic E-state index is 10.8. The summed E-state index contributed by atoms with van der Waals surface area (Å²) in [6, 6.07) is 2.45. The quantitative estimate of drug-likeness (QED) is 0.893. The van der Waals surface area contributed by atoms with Crippen molar-refractivity contribution < 1.29 is 29.0 Å². The first kappa shape index (κ1) is 14.0. The molecule has 0 bridgehead atoms. The van der Waals surface area contributed by atoms with Crippen molar-refractivity contribution in [2.24, 2.45) is 0 Å². The number of rotatable bonds is 4. The number of phenols is 1. The number of carboxylic acids is 1. The van der Waals surface area contributed by atoms with Crippen LogP contribution in [0.3, 0.4) is 0 Å². The summed E-state index contributed by atoms with van der Waals surface area (Å²) in [7, 11) is 2.77. The van der Waals surface area contributed by atoms with Crippen molar-refractivity contribution in [2.45, 2.75) is 0 Å². The lowest BCUT2D eigenvalue weighted by Crippen LogP contribution is -1.95. The highest BCUT2D eigenvalue weighted by Crippen LogP contribution is 2.47. The van der Waals surface area contributed by atoms with Gasteiger partial charge in [-0.2, -0.15) is 0 Å². The van der Waals surface area contributed by atoms with E-state index in [9.17, 15) is 9.90 Å². The van der Waals surface area contributed by atoms with Gasteiger partial charge in [-0.3, -0.25) is 0 Å². The monoisotopic (exact) mass is 299 g/mol. The number of nitrogens with zero attached hydrogens (tertiary/aromatic N) is 1. The minimum Gasteiger partial charge on any atom is -0.506 e. The number of hydrogen-bond donors (Lipinski definition) is 2. The largest absolute Gasteiger partial charge is 0.506 e. The molecule has 0 amide bonds. The van der Waals surface area contributed by atoms with Crippen molar-refractivity contribution in [3.8, 4) is 28.5 Å². The molecule has 8 heteroatoms. The van der Waals surface area contributed by atoms with Crippen LogP contribution in [0.4, 0.5) is 0 Å². The van der Waals surface area contributed by atoms with E-state index in [2.05, 4.69) is 9.68 Å². The third-order valence-electron chi connectivity index (χ3n) is 2.56. The number of carboxylic acid groups (broad SMARTS) is 1. The fourth-order valence-electron chi connectivity index (χ4n) is 1.68. The van der Waals surface area contributed by atoms with Crippen LogP contribution in [0, 0.1) is 0 Å². The lowest BCUT2D eigenvalue weighted by Gasteiger charge is -2.13. The predicted molar refractivity (Wildman–Crippen MR) is 68.7 cm³/mol. The summed E-state index contributed by atoms with van der Waals surface area (Å²) in [4.78, 5) is 10.8. The van der Waals surface area contributed by atoms with Gasteiger partial charge in [0.05, 0.1) is 24.8 Å². The maximum Gasteiger partial charge on any atom is 0.374 e. The van der Waals surface area contributed by atoms with Crippen LogP contribution in [0.1, 0.15) is 10.6 Å². The van der Waals surface area contributed by atoms with Crippen molar-refractivity contribution in [3.63, 3.8) is 0 Å². The summed E-state index contributed by atoms with van der Waals surface area (Å²) in [5.41, 5.74) is 0.292. The Hall–Kier alpha value is -2.41. The van der Waals surface area contributed by atoms with E-state index < -0.39 is 5.97 Å². The summed E-state index contributed by atoms with van der Waals surface area (Å²) >= 11 is 6.01. The molecule has 2 N–H and O–H groups in total. The molecule has 20 heavy (non-hydrogen) atoms. The molecular formula is C12H10ClNO6. The lowest BCUT2D eigenvalue weighted by molar-refractivity contribution is 0.0652. The molecule has 1 aromatic heterocycles. The molecule has 7 nitrogen and oxygen atoms in total. The van der Waals surface area contributed by atoms with Crippen LogP contribution in [0.2, 0.25) is 5.02 Å². The molecule has 0 fully saturated rings. The Bertz CT molecular complexity index is 666. The Balaban J connectivity index is 2.70. The Morgan fingerprint density at radius 1 is 1.35 bits per heavy atom. The van der Waals surface area contributed by atoms with E-state index in [-0.39, 0.29) is 39.3 Å². The molecule has 0 unspecified atom stereocenters. The first-order valence-corrected chi connectivity index (χ1v) is 5.71. The van der Waals surface area contributed by atoms with Gasteiger partial charge in [0.1, 0.15) is 11.4 Å². The normalized spacial score (nSPS) is 10.3. The molecule has 0 aliphatic carbocycles. The second-order valence-corrected chi connectivity index (χ2v) is 4.08. The van der Waals surface area contributed by atoms with E-state index in [0.29, 0.717) is 0 Å². The Morgan fingerprint density at radius 2 is 2.05 bits per heavy atom. The summed E-state index contributed by atoms with van der Waals surface area (Å²) in [5.74, 6) is -1.45. The zero-order chi connectivity index (χ0) is 14.9. The van der Waals surface area contributed by atoms with Gasteiger partial charge in [-0.1, -0.05) is 16.8 Å². The van der Waals surface area contributed by atoms with E-state index >= 15 is 0 Å². The molecule has 0 saturated heterocycles. The number of benzene rings is 1. The van der Waals surface area contributed by atoms with E-state index in [0.717, 1.165) is 0 Å². The number of carbonyl (C=O) groups is 1. The number of aromatic hydroxyl groups is 1. The number of aromatic nitrogens is 1. The number of phenolic OH excluding ortho intramolecular Hbond substituents is 1. The second kappa shape index (κ2) is 5.30. The molecule has 0 aliphatic rings. The number of halogens is 1. The highest BCUT2D eigenvalue weighted by Gasteiger charge is 2.23. The molecule has 0 atom stereocenters. The van der Waals surface area contributed by atoms with Crippen LogP contribution in [-0.4, -0.2) is 35.6 Å². The van der Waals surface area contributed by atoms with Crippen molar-refractivity contribution in [1.29, 1.82) is 0 Å². The molecule has 0 aliphatic heterocycles. The van der Waals surface area contributed by atoms with Crippen molar-refractivity contribution in [3.05, 3.63) is 22.9 Å². The Labute approximate surface area is 118 Å². The molecule has 2 rings (SSSR count). The SMILES string of the molecule is COc1cc(O)c(Cl)c(-c2cc(C(=O)O)on2)c1OC. The van der Waals surface area contributed by atoms with Crippen molar-refractivity contribution >= 4 is 17.6 Å². The summed E-state index contributed by atoms with van der Waals surface area (Å²) < 4.78 is 14.9. The highest BCUT2D eigenvalue weighted by atomic mass is 35.5. The smallest absolute Gasteiger partial charge is 0.374 e. The van der Waals surface area contributed by atoms with E-state index in [1.165, 1.54) is 26.4 Å².